The summed E-state index contributed by atoms with van der Waals surface area (Å²) in [5.74, 6) is 0.489. The molecule has 0 bridgehead atoms. The number of hydrogen-bond donors (Lipinski definition) is 1. The maximum absolute atomic E-state index is 13.4. The van der Waals surface area contributed by atoms with Gasteiger partial charge in [0, 0.05) is 25.7 Å². The number of benzene rings is 1. The molecule has 35 heavy (non-hydrogen) atoms. The largest absolute Gasteiger partial charge is 0.480 e. The van der Waals surface area contributed by atoms with Gasteiger partial charge in [-0.2, -0.15) is 17.9 Å². The van der Waals surface area contributed by atoms with Crippen LogP contribution in [0.3, 0.4) is 0 Å². The molecule has 13 heteroatoms. The molecule has 0 saturated carbocycles. The van der Waals surface area contributed by atoms with Gasteiger partial charge in [0.1, 0.15) is 18.1 Å². The monoisotopic (exact) mass is 493 g/mol. The molecule has 0 aliphatic rings. The summed E-state index contributed by atoms with van der Waals surface area (Å²) >= 11 is 0. The first-order valence-corrected chi connectivity index (χ1v) is 10.6. The molecule has 1 atom stereocenters. The molecular weight excluding hydrogens is 471 g/mol. The molecular formula is C22H22F3N5O5. The summed E-state index contributed by atoms with van der Waals surface area (Å²) in [6.45, 7) is 5.60. The van der Waals surface area contributed by atoms with Crippen molar-refractivity contribution in [3.05, 3.63) is 52.2 Å². The molecule has 10 nitrogen and oxygen atoms in total. The second-order valence-electron chi connectivity index (χ2n) is 7.73. The van der Waals surface area contributed by atoms with Crippen molar-refractivity contribution in [3.63, 3.8) is 0 Å². The van der Waals surface area contributed by atoms with Crippen LogP contribution in [-0.2, 0) is 13.2 Å². The van der Waals surface area contributed by atoms with Crippen LogP contribution >= 0.6 is 0 Å². The molecule has 0 radical (unpaired) electrons. The Hall–Kier alpha value is -3.87. The molecule has 1 aromatic carbocycles. The topological polar surface area (TPSA) is 117 Å². The number of rotatable bonds is 7. The van der Waals surface area contributed by atoms with E-state index in [-0.39, 0.29) is 40.8 Å². The van der Waals surface area contributed by atoms with Gasteiger partial charge in [0.25, 0.3) is 0 Å². The maximum atomic E-state index is 13.4. The molecule has 0 aliphatic heterocycles. The summed E-state index contributed by atoms with van der Waals surface area (Å²) in [4.78, 5) is 17.0. The van der Waals surface area contributed by atoms with Crippen LogP contribution in [0.25, 0.3) is 16.5 Å². The molecule has 0 amide bonds. The Labute approximate surface area is 196 Å². The Morgan fingerprint density at radius 1 is 1.26 bits per heavy atom. The van der Waals surface area contributed by atoms with Crippen LogP contribution in [0.1, 0.15) is 31.1 Å². The lowest BCUT2D eigenvalue weighted by Gasteiger charge is -2.20. The van der Waals surface area contributed by atoms with Crippen molar-refractivity contribution in [1.29, 1.82) is 0 Å². The van der Waals surface area contributed by atoms with E-state index in [2.05, 4.69) is 15.2 Å². The van der Waals surface area contributed by atoms with Gasteiger partial charge >= 0.3 is 11.9 Å². The predicted octanol–water partition coefficient (Wildman–Crippen LogP) is 3.82. The number of alkyl halides is 3. The van der Waals surface area contributed by atoms with Crippen LogP contribution in [-0.4, -0.2) is 41.9 Å². The second-order valence-corrected chi connectivity index (χ2v) is 7.73. The van der Waals surface area contributed by atoms with E-state index in [0.717, 1.165) is 11.6 Å². The summed E-state index contributed by atoms with van der Waals surface area (Å²) in [5.41, 5.74) is 0.00692. The third kappa shape index (κ3) is 4.46. The highest BCUT2D eigenvalue weighted by Crippen LogP contribution is 2.39. The number of aliphatic hydroxyl groups excluding tert-OH is 1. The molecule has 0 spiro atoms. The van der Waals surface area contributed by atoms with E-state index in [1.807, 2.05) is 0 Å². The summed E-state index contributed by atoms with van der Waals surface area (Å²) in [7, 11) is 0. The van der Waals surface area contributed by atoms with E-state index in [9.17, 15) is 23.1 Å². The van der Waals surface area contributed by atoms with Gasteiger partial charge in [-0.15, -0.1) is 5.10 Å². The van der Waals surface area contributed by atoms with Gasteiger partial charge in [0.05, 0.1) is 11.1 Å². The molecule has 4 rings (SSSR count). The van der Waals surface area contributed by atoms with E-state index >= 15 is 0 Å². The summed E-state index contributed by atoms with van der Waals surface area (Å²) in [5, 5.41) is 18.0. The Morgan fingerprint density at radius 3 is 2.57 bits per heavy atom. The number of pyridine rings is 1. The van der Waals surface area contributed by atoms with E-state index in [1.165, 1.54) is 22.9 Å². The number of fused-ring (bicyclic) bond motifs is 1. The Morgan fingerprint density at radius 2 is 2.00 bits per heavy atom. The summed E-state index contributed by atoms with van der Waals surface area (Å²) in [6, 6.07) is 4.33. The zero-order chi connectivity index (χ0) is 25.5. The smallest absolute Gasteiger partial charge is 0.425 e. The van der Waals surface area contributed by atoms with E-state index in [1.54, 1.807) is 26.8 Å². The minimum Gasteiger partial charge on any atom is -0.480 e. The fraction of sp³-hybridized carbons (Fsp3) is 0.364. The fourth-order valence-corrected chi connectivity index (χ4v) is 3.54. The molecule has 0 unspecified atom stereocenters. The minimum absolute atomic E-state index is 0.0321. The van der Waals surface area contributed by atoms with Crippen LogP contribution < -0.4 is 15.2 Å². The highest BCUT2D eigenvalue weighted by Gasteiger charge is 2.38. The lowest BCUT2D eigenvalue weighted by Crippen LogP contribution is -2.31. The van der Waals surface area contributed by atoms with Crippen molar-refractivity contribution in [1.82, 2.24) is 24.5 Å². The average Bonchev–Trinajstić information content (AvgIpc) is 3.31. The first kappa shape index (κ1) is 24.3. The zero-order valence-electron chi connectivity index (χ0n) is 19.3. The Kier molecular flexibility index (Phi) is 6.28. The number of halogens is 3. The standard InChI is InChI=1S/C22H22F3N5O5/c1-5-29-17(10-31)27-30(21(29)32)15-8-14-6-7-26-20(34-19-11(2)28-35-12(19)3)18(14)16(9-15)33-13(4)22(23,24)25/h6-9,13,31H,5,10H2,1-4H3/t13-/m0/s1. The lowest BCUT2D eigenvalue weighted by molar-refractivity contribution is -0.189. The number of ether oxygens (including phenoxy) is 2. The minimum atomic E-state index is -4.65. The second kappa shape index (κ2) is 9.06. The summed E-state index contributed by atoms with van der Waals surface area (Å²) in [6.07, 6.45) is -5.42. The van der Waals surface area contributed by atoms with Gasteiger partial charge in [0.15, 0.2) is 23.4 Å². The molecule has 3 aromatic heterocycles. The quantitative estimate of drug-likeness (QED) is 0.413. The number of hydrogen-bond acceptors (Lipinski definition) is 8. The molecule has 3 heterocycles. The number of nitrogens with zero attached hydrogens (tertiary/aromatic N) is 5. The summed E-state index contributed by atoms with van der Waals surface area (Å²) < 4.78 is 58.7. The normalized spacial score (nSPS) is 12.8. The Bertz CT molecular complexity index is 1420. The molecule has 0 saturated heterocycles. The molecule has 0 aliphatic carbocycles. The number of aliphatic hydroxyl groups is 1. The lowest BCUT2D eigenvalue weighted by atomic mass is 10.1. The van der Waals surface area contributed by atoms with Gasteiger partial charge in [-0.3, -0.25) is 4.57 Å². The third-order valence-corrected chi connectivity index (χ3v) is 5.35. The van der Waals surface area contributed by atoms with Crippen molar-refractivity contribution in [2.45, 2.75) is 53.1 Å². The van der Waals surface area contributed by atoms with Crippen LogP contribution in [0.15, 0.2) is 33.7 Å². The van der Waals surface area contributed by atoms with Crippen LogP contribution in [0.2, 0.25) is 0 Å². The molecule has 1 N–H and O–H groups in total. The average molecular weight is 493 g/mol. The van der Waals surface area contributed by atoms with Crippen LogP contribution in [0.4, 0.5) is 13.2 Å². The highest BCUT2D eigenvalue weighted by atomic mass is 19.4. The van der Waals surface area contributed by atoms with Gasteiger partial charge in [0.2, 0.25) is 5.88 Å². The highest BCUT2D eigenvalue weighted by molar-refractivity contribution is 5.94. The van der Waals surface area contributed by atoms with Gasteiger partial charge in [-0.25, -0.2) is 9.78 Å². The van der Waals surface area contributed by atoms with Gasteiger partial charge in [-0.05, 0) is 38.3 Å². The molecule has 186 valence electrons. The van der Waals surface area contributed by atoms with E-state index in [4.69, 9.17) is 14.0 Å². The fourth-order valence-electron chi connectivity index (χ4n) is 3.54. The molecule has 0 fully saturated rings. The van der Waals surface area contributed by atoms with E-state index in [0.29, 0.717) is 16.8 Å². The van der Waals surface area contributed by atoms with Gasteiger partial charge < -0.3 is 19.1 Å². The van der Waals surface area contributed by atoms with E-state index < -0.39 is 24.6 Å². The van der Waals surface area contributed by atoms with Crippen LogP contribution in [0.5, 0.6) is 17.4 Å². The maximum Gasteiger partial charge on any atom is 0.425 e. The zero-order valence-corrected chi connectivity index (χ0v) is 19.3. The van der Waals surface area contributed by atoms with Crippen molar-refractivity contribution in [2.75, 3.05) is 0 Å². The van der Waals surface area contributed by atoms with Crippen molar-refractivity contribution >= 4 is 10.8 Å². The number of aromatic nitrogens is 5. The number of aryl methyl sites for hydroxylation is 2. The first-order chi connectivity index (χ1) is 16.5. The third-order valence-electron chi connectivity index (χ3n) is 5.35. The Balaban J connectivity index is 1.94. The van der Waals surface area contributed by atoms with Crippen molar-refractivity contribution in [3.8, 4) is 23.1 Å². The van der Waals surface area contributed by atoms with Gasteiger partial charge in [-0.1, -0.05) is 5.16 Å². The molecule has 4 aromatic rings. The SMILES string of the molecule is CCn1c(CO)nn(-c2cc(O[C@@H](C)C(F)(F)F)c3c(Oc4c(C)noc4C)nccc3c2)c1=O. The first-order valence-electron chi connectivity index (χ1n) is 10.6. The van der Waals surface area contributed by atoms with Crippen LogP contribution in [0, 0.1) is 13.8 Å². The predicted molar refractivity (Wildman–Crippen MR) is 117 cm³/mol. The van der Waals surface area contributed by atoms with Crippen molar-refractivity contribution < 1.29 is 32.3 Å². The van der Waals surface area contributed by atoms with Crippen molar-refractivity contribution in [2.24, 2.45) is 0 Å².